The number of halogens is 2. The Hall–Kier alpha value is -2.76. The monoisotopic (exact) mass is 529 g/mol. The first-order valence-corrected chi connectivity index (χ1v) is 13.2. The van der Waals surface area contributed by atoms with Crippen molar-refractivity contribution in [3.05, 3.63) is 88.9 Å². The van der Waals surface area contributed by atoms with Crippen molar-refractivity contribution in [2.75, 3.05) is 13.2 Å². The van der Waals surface area contributed by atoms with Crippen LogP contribution >= 0.6 is 11.6 Å². The van der Waals surface area contributed by atoms with Crippen LogP contribution in [0.2, 0.25) is 5.02 Å². The van der Waals surface area contributed by atoms with Crippen molar-refractivity contribution in [3.63, 3.8) is 0 Å². The Morgan fingerprint density at radius 1 is 1.19 bits per heavy atom. The molecule has 0 aromatic heterocycles. The minimum atomic E-state index is -0.472. The minimum Gasteiger partial charge on any atom is -0.381 e. The van der Waals surface area contributed by atoms with Crippen LogP contribution in [0.1, 0.15) is 71.9 Å². The molecule has 1 aromatic carbocycles. The number of nitrogens with one attached hydrogen (secondary N) is 1. The van der Waals surface area contributed by atoms with E-state index in [2.05, 4.69) is 68.5 Å². The van der Waals surface area contributed by atoms with E-state index in [-0.39, 0.29) is 5.70 Å². The van der Waals surface area contributed by atoms with Crippen molar-refractivity contribution in [2.24, 2.45) is 16.0 Å². The molecule has 37 heavy (non-hydrogen) atoms. The van der Waals surface area contributed by atoms with Crippen LogP contribution in [0.4, 0.5) is 4.39 Å². The molecular formula is C31H45ClFN3O. The summed E-state index contributed by atoms with van der Waals surface area (Å²) in [6.45, 7) is 23.1. The summed E-state index contributed by atoms with van der Waals surface area (Å²) in [5, 5.41) is 4.82. The van der Waals surface area contributed by atoms with Crippen LogP contribution in [0.3, 0.4) is 0 Å². The lowest BCUT2D eigenvalue weighted by atomic mass is 9.96. The van der Waals surface area contributed by atoms with Gasteiger partial charge in [-0.15, -0.1) is 0 Å². The fourth-order valence-electron chi connectivity index (χ4n) is 2.92. The van der Waals surface area contributed by atoms with Crippen LogP contribution < -0.4 is 5.43 Å². The Morgan fingerprint density at radius 2 is 1.84 bits per heavy atom. The molecule has 1 rings (SSSR count). The van der Waals surface area contributed by atoms with Gasteiger partial charge < -0.3 is 4.74 Å². The molecule has 0 spiro atoms. The van der Waals surface area contributed by atoms with Gasteiger partial charge in [-0.05, 0) is 74.5 Å². The van der Waals surface area contributed by atoms with E-state index in [1.54, 1.807) is 20.1 Å². The highest BCUT2D eigenvalue weighted by Gasteiger charge is 2.08. The van der Waals surface area contributed by atoms with Gasteiger partial charge in [-0.25, -0.2) is 9.38 Å². The van der Waals surface area contributed by atoms with Gasteiger partial charge in [-0.3, -0.25) is 5.43 Å². The molecule has 0 saturated heterocycles. The van der Waals surface area contributed by atoms with Crippen molar-refractivity contribution >= 4 is 29.2 Å². The second-order valence-electron chi connectivity index (χ2n) is 8.67. The highest BCUT2D eigenvalue weighted by Crippen LogP contribution is 2.29. The lowest BCUT2D eigenvalue weighted by molar-refractivity contribution is 0.135. The molecule has 204 valence electrons. The fourth-order valence-corrected chi connectivity index (χ4v) is 3.25. The first-order valence-electron chi connectivity index (χ1n) is 12.9. The molecule has 1 N–H and O–H groups in total. The van der Waals surface area contributed by atoms with E-state index in [9.17, 15) is 4.39 Å². The molecule has 0 aliphatic heterocycles. The van der Waals surface area contributed by atoms with Crippen molar-refractivity contribution in [1.29, 1.82) is 0 Å². The molecule has 4 nitrogen and oxygen atoms in total. The number of ether oxygens (including phenoxy) is 1. The first kappa shape index (κ1) is 34.2. The quantitative estimate of drug-likeness (QED) is 0.0909. The van der Waals surface area contributed by atoms with Crippen molar-refractivity contribution in [1.82, 2.24) is 5.43 Å². The maximum absolute atomic E-state index is 13.4. The van der Waals surface area contributed by atoms with E-state index in [1.165, 1.54) is 0 Å². The maximum Gasteiger partial charge on any atom is 0.143 e. The summed E-state index contributed by atoms with van der Waals surface area (Å²) in [7, 11) is 0. The molecule has 0 amide bonds. The summed E-state index contributed by atoms with van der Waals surface area (Å²) < 4.78 is 18.5. The van der Waals surface area contributed by atoms with Gasteiger partial charge in [0.05, 0.1) is 11.9 Å². The average molecular weight is 530 g/mol. The van der Waals surface area contributed by atoms with Gasteiger partial charge in [-0.2, -0.15) is 5.10 Å². The molecule has 1 atom stereocenters. The zero-order chi connectivity index (χ0) is 28.2. The lowest BCUT2D eigenvalue weighted by Gasteiger charge is -2.11. The van der Waals surface area contributed by atoms with E-state index in [1.807, 2.05) is 31.2 Å². The third-order valence-corrected chi connectivity index (χ3v) is 5.43. The third-order valence-electron chi connectivity index (χ3n) is 5.11. The maximum atomic E-state index is 13.4. The number of allylic oxidation sites excluding steroid dienone is 8. The second-order valence-corrected chi connectivity index (χ2v) is 9.08. The first-order chi connectivity index (χ1) is 17.6. The molecular weight excluding hydrogens is 485 g/mol. The van der Waals surface area contributed by atoms with Gasteiger partial charge in [0.2, 0.25) is 0 Å². The van der Waals surface area contributed by atoms with E-state index in [0.29, 0.717) is 22.3 Å². The van der Waals surface area contributed by atoms with Crippen LogP contribution in [-0.4, -0.2) is 25.3 Å². The lowest BCUT2D eigenvalue weighted by Crippen LogP contribution is -2.13. The number of amidine groups is 1. The summed E-state index contributed by atoms with van der Waals surface area (Å²) in [6, 6.07) is 5.85. The van der Waals surface area contributed by atoms with Crippen molar-refractivity contribution in [3.8, 4) is 0 Å². The van der Waals surface area contributed by atoms with Gasteiger partial charge in [0.1, 0.15) is 11.7 Å². The van der Waals surface area contributed by atoms with E-state index in [4.69, 9.17) is 16.3 Å². The minimum absolute atomic E-state index is 0.232. The molecule has 0 fully saturated rings. The van der Waals surface area contributed by atoms with Crippen LogP contribution in [-0.2, 0) is 4.74 Å². The largest absolute Gasteiger partial charge is 0.381 e. The number of benzene rings is 1. The predicted molar refractivity (Wildman–Crippen MR) is 162 cm³/mol. The number of nitrogens with zero attached hydrogens (tertiary/aromatic N) is 2. The fraction of sp³-hybridized carbons (Fsp3) is 0.419. The highest BCUT2D eigenvalue weighted by atomic mass is 35.5. The topological polar surface area (TPSA) is 46.0 Å². The summed E-state index contributed by atoms with van der Waals surface area (Å²) in [5.74, 6) is 0.433. The van der Waals surface area contributed by atoms with Crippen LogP contribution in [0, 0.1) is 12.8 Å². The summed E-state index contributed by atoms with van der Waals surface area (Å²) in [4.78, 5) is 4.09. The number of aryl methyl sites for hydroxylation is 1. The SMILES string of the molecule is C=C/C(F)=C(/C)N=C(C)N/N=C\C(=C)/C=C(\C=C/[C@H](C)CC)c1c(C)cccc1Cl.CCCOCCC. The number of hydrazone groups is 1. The zero-order valence-corrected chi connectivity index (χ0v) is 24.5. The van der Waals surface area contributed by atoms with Crippen LogP contribution in [0.25, 0.3) is 5.57 Å². The van der Waals surface area contributed by atoms with Gasteiger partial charge in [0.25, 0.3) is 0 Å². The molecule has 1 aromatic rings. The van der Waals surface area contributed by atoms with E-state index < -0.39 is 5.83 Å². The van der Waals surface area contributed by atoms with E-state index in [0.717, 1.165) is 55.3 Å². The molecule has 0 aliphatic carbocycles. The Bertz CT molecular complexity index is 981. The third kappa shape index (κ3) is 15.2. The standard InChI is InChI=1S/C25H31ClFN3.C6H14O/c1-8-17(3)13-14-22(25-19(5)11-10-12-23(25)26)15-18(4)16-28-30-21(7)29-20(6)24(27)9-2;1-3-5-7-6-4-2/h9-17H,2,4,8H2,1,3,5-7H3,(H,29,30);3-6H2,1-2H3/b14-13-,22-15+,24-20+,28-16-;/t17-;/m1./s1. The number of rotatable bonds is 13. The molecule has 0 unspecified atom stereocenters. The summed E-state index contributed by atoms with van der Waals surface area (Å²) in [5.41, 5.74) is 6.70. The van der Waals surface area contributed by atoms with Gasteiger partial charge in [-0.1, -0.05) is 83.2 Å². The zero-order valence-electron chi connectivity index (χ0n) is 23.7. The molecule has 0 heterocycles. The van der Waals surface area contributed by atoms with Crippen molar-refractivity contribution < 1.29 is 9.13 Å². The van der Waals surface area contributed by atoms with Gasteiger partial charge in [0, 0.05) is 23.8 Å². The van der Waals surface area contributed by atoms with Crippen molar-refractivity contribution in [2.45, 2.75) is 67.7 Å². The average Bonchev–Trinajstić information content (AvgIpc) is 2.86. The Balaban J connectivity index is 0.00000161. The number of hydrogen-bond acceptors (Lipinski definition) is 3. The Morgan fingerprint density at radius 3 is 2.38 bits per heavy atom. The predicted octanol–water partition coefficient (Wildman–Crippen LogP) is 9.39. The molecule has 0 bridgehead atoms. The highest BCUT2D eigenvalue weighted by molar-refractivity contribution is 6.32. The van der Waals surface area contributed by atoms with E-state index >= 15 is 0 Å². The summed E-state index contributed by atoms with van der Waals surface area (Å²) >= 11 is 6.48. The molecule has 0 saturated carbocycles. The second kappa shape index (κ2) is 20.3. The normalized spacial score (nSPS) is 13.8. The Kier molecular flexibility index (Phi) is 18.8. The number of hydrogen-bond donors (Lipinski definition) is 1. The Labute approximate surface area is 229 Å². The number of aliphatic imine (C=N–C) groups is 1. The smallest absolute Gasteiger partial charge is 0.143 e. The van der Waals surface area contributed by atoms with Crippen LogP contribution in [0.5, 0.6) is 0 Å². The molecule has 0 radical (unpaired) electrons. The van der Waals surface area contributed by atoms with Crippen LogP contribution in [0.15, 0.2) is 82.9 Å². The molecule has 0 aliphatic rings. The van der Waals surface area contributed by atoms with Gasteiger partial charge in [0.15, 0.2) is 0 Å². The summed E-state index contributed by atoms with van der Waals surface area (Å²) in [6.07, 6.45) is 12.2. The molecule has 6 heteroatoms. The van der Waals surface area contributed by atoms with Gasteiger partial charge >= 0.3 is 0 Å².